The van der Waals surface area contributed by atoms with Crippen molar-refractivity contribution < 1.29 is 4.79 Å². The highest BCUT2D eigenvalue weighted by molar-refractivity contribution is 9.10. The number of hydrogen-bond donors (Lipinski definition) is 0. The smallest absolute Gasteiger partial charge is 0.152 e. The molecule has 0 aliphatic rings. The van der Waals surface area contributed by atoms with Gasteiger partial charge >= 0.3 is 0 Å². The topological polar surface area (TPSA) is 20.3 Å². The van der Waals surface area contributed by atoms with E-state index in [1.807, 2.05) is 18.2 Å². The molecule has 1 rings (SSSR count). The lowest BCUT2D eigenvalue weighted by Crippen LogP contribution is -2.26. The van der Waals surface area contributed by atoms with Crippen LogP contribution < -0.4 is 4.90 Å². The minimum atomic E-state index is 0.775. The Morgan fingerprint density at radius 1 is 1.17 bits per heavy atom. The minimum absolute atomic E-state index is 0.775. The van der Waals surface area contributed by atoms with Crippen LogP contribution in [0.4, 0.5) is 5.69 Å². The Morgan fingerprint density at radius 3 is 2.28 bits per heavy atom. The summed E-state index contributed by atoms with van der Waals surface area (Å²) in [5, 5.41) is 0. The molecule has 100 valence electrons. The summed E-state index contributed by atoms with van der Waals surface area (Å²) >= 11 is 3.41. The summed E-state index contributed by atoms with van der Waals surface area (Å²) in [7, 11) is 0. The summed E-state index contributed by atoms with van der Waals surface area (Å²) in [5.41, 5.74) is 1.84. The molecule has 0 heterocycles. The second kappa shape index (κ2) is 8.30. The fraction of sp³-hybridized carbons (Fsp3) is 0.533. The molecule has 0 spiro atoms. The second-order valence-corrected chi connectivity index (χ2v) is 5.43. The SMILES string of the molecule is CCCCN(CCCC)c1ccc(Br)cc1C=O. The fourth-order valence-electron chi connectivity index (χ4n) is 1.96. The Hall–Kier alpha value is -0.830. The maximum absolute atomic E-state index is 11.2. The van der Waals surface area contributed by atoms with Crippen molar-refractivity contribution in [1.82, 2.24) is 0 Å². The first kappa shape index (κ1) is 15.2. The molecule has 0 aromatic heterocycles. The van der Waals surface area contributed by atoms with Crippen LogP contribution in [0.5, 0.6) is 0 Å². The van der Waals surface area contributed by atoms with Crippen LogP contribution in [-0.4, -0.2) is 19.4 Å². The van der Waals surface area contributed by atoms with Crippen molar-refractivity contribution in [2.75, 3.05) is 18.0 Å². The van der Waals surface area contributed by atoms with Crippen LogP contribution in [0.1, 0.15) is 49.9 Å². The van der Waals surface area contributed by atoms with Gasteiger partial charge in [0.25, 0.3) is 0 Å². The molecule has 2 nitrogen and oxygen atoms in total. The molecule has 0 radical (unpaired) electrons. The van der Waals surface area contributed by atoms with Gasteiger partial charge in [0.1, 0.15) is 0 Å². The van der Waals surface area contributed by atoms with Crippen molar-refractivity contribution in [3.05, 3.63) is 28.2 Å². The van der Waals surface area contributed by atoms with Gasteiger partial charge in [0.05, 0.1) is 0 Å². The van der Waals surface area contributed by atoms with E-state index in [0.717, 1.165) is 47.9 Å². The molecule has 0 unspecified atom stereocenters. The minimum Gasteiger partial charge on any atom is -0.371 e. The predicted molar refractivity (Wildman–Crippen MR) is 81.6 cm³/mol. The van der Waals surface area contributed by atoms with E-state index in [9.17, 15) is 4.79 Å². The maximum atomic E-state index is 11.2. The zero-order chi connectivity index (χ0) is 13.4. The summed E-state index contributed by atoms with van der Waals surface area (Å²) in [5.74, 6) is 0. The maximum Gasteiger partial charge on any atom is 0.152 e. The van der Waals surface area contributed by atoms with Gasteiger partial charge in [0.2, 0.25) is 0 Å². The average Bonchev–Trinajstić information content (AvgIpc) is 2.39. The van der Waals surface area contributed by atoms with E-state index in [4.69, 9.17) is 0 Å². The van der Waals surface area contributed by atoms with Gasteiger partial charge in [-0.3, -0.25) is 4.79 Å². The monoisotopic (exact) mass is 311 g/mol. The van der Waals surface area contributed by atoms with Gasteiger partial charge in [0.15, 0.2) is 6.29 Å². The van der Waals surface area contributed by atoms with Gasteiger partial charge in [-0.15, -0.1) is 0 Å². The third-order valence-corrected chi connectivity index (χ3v) is 3.51. The molecule has 0 aliphatic carbocycles. The Labute approximate surface area is 119 Å². The molecule has 0 bridgehead atoms. The zero-order valence-electron chi connectivity index (χ0n) is 11.3. The number of benzene rings is 1. The number of nitrogens with zero attached hydrogens (tertiary/aromatic N) is 1. The molecule has 1 aromatic carbocycles. The number of hydrogen-bond acceptors (Lipinski definition) is 2. The molecule has 1 aromatic rings. The first-order valence-corrected chi connectivity index (χ1v) is 7.51. The van der Waals surface area contributed by atoms with E-state index < -0.39 is 0 Å². The van der Waals surface area contributed by atoms with Gasteiger partial charge in [-0.2, -0.15) is 0 Å². The van der Waals surface area contributed by atoms with Crippen LogP contribution in [0, 0.1) is 0 Å². The van der Waals surface area contributed by atoms with Crippen LogP contribution >= 0.6 is 15.9 Å². The van der Waals surface area contributed by atoms with Crippen LogP contribution in [0.25, 0.3) is 0 Å². The Bertz CT molecular complexity index is 371. The molecular formula is C15H22BrNO. The molecule has 0 saturated carbocycles. The normalized spacial score (nSPS) is 10.4. The lowest BCUT2D eigenvalue weighted by Gasteiger charge is -2.26. The largest absolute Gasteiger partial charge is 0.371 e. The zero-order valence-corrected chi connectivity index (χ0v) is 12.9. The number of unbranched alkanes of at least 4 members (excludes halogenated alkanes) is 2. The lowest BCUT2D eigenvalue weighted by molar-refractivity contribution is 0.112. The number of carbonyl (C=O) groups excluding carboxylic acids is 1. The predicted octanol–water partition coefficient (Wildman–Crippen LogP) is 4.67. The van der Waals surface area contributed by atoms with E-state index >= 15 is 0 Å². The van der Waals surface area contributed by atoms with Crippen molar-refractivity contribution >= 4 is 27.9 Å². The van der Waals surface area contributed by atoms with Gasteiger partial charge < -0.3 is 4.90 Å². The highest BCUT2D eigenvalue weighted by atomic mass is 79.9. The molecule has 0 atom stereocenters. The molecule has 0 saturated heterocycles. The van der Waals surface area contributed by atoms with Crippen molar-refractivity contribution in [2.24, 2.45) is 0 Å². The number of rotatable bonds is 8. The molecule has 3 heteroatoms. The first-order chi connectivity index (χ1) is 8.72. The van der Waals surface area contributed by atoms with Crippen LogP contribution in [0.3, 0.4) is 0 Å². The Kier molecular flexibility index (Phi) is 7.02. The van der Waals surface area contributed by atoms with Crippen molar-refractivity contribution in [3.8, 4) is 0 Å². The molecule has 0 aliphatic heterocycles. The summed E-state index contributed by atoms with van der Waals surface area (Å²) in [4.78, 5) is 13.5. The third-order valence-electron chi connectivity index (χ3n) is 3.02. The number of aldehydes is 1. The summed E-state index contributed by atoms with van der Waals surface area (Å²) in [6, 6.07) is 5.94. The van der Waals surface area contributed by atoms with Crippen LogP contribution in [-0.2, 0) is 0 Å². The summed E-state index contributed by atoms with van der Waals surface area (Å²) in [6.07, 6.45) is 5.63. The number of carbonyl (C=O) groups is 1. The number of halogens is 1. The van der Waals surface area contributed by atoms with E-state index in [1.165, 1.54) is 12.8 Å². The fourth-order valence-corrected chi connectivity index (χ4v) is 2.34. The number of anilines is 1. The van der Waals surface area contributed by atoms with E-state index in [-0.39, 0.29) is 0 Å². The molecular weight excluding hydrogens is 290 g/mol. The van der Waals surface area contributed by atoms with E-state index in [1.54, 1.807) is 0 Å². The highest BCUT2D eigenvalue weighted by Crippen LogP contribution is 2.24. The first-order valence-electron chi connectivity index (χ1n) is 6.72. The Balaban J connectivity index is 2.91. The highest BCUT2D eigenvalue weighted by Gasteiger charge is 2.10. The molecule has 18 heavy (non-hydrogen) atoms. The second-order valence-electron chi connectivity index (χ2n) is 4.52. The van der Waals surface area contributed by atoms with Gasteiger partial charge in [0, 0.05) is 28.8 Å². The van der Waals surface area contributed by atoms with Crippen LogP contribution in [0.15, 0.2) is 22.7 Å². The average molecular weight is 312 g/mol. The van der Waals surface area contributed by atoms with Gasteiger partial charge in [-0.05, 0) is 31.0 Å². The summed E-state index contributed by atoms with van der Waals surface area (Å²) in [6.45, 7) is 6.44. The van der Waals surface area contributed by atoms with Crippen molar-refractivity contribution in [3.63, 3.8) is 0 Å². The quantitative estimate of drug-likeness (QED) is 0.650. The molecule has 0 N–H and O–H groups in total. The standard InChI is InChI=1S/C15H22BrNO/c1-3-5-9-17(10-6-4-2)15-8-7-14(16)11-13(15)12-18/h7-8,11-12H,3-6,9-10H2,1-2H3. The Morgan fingerprint density at radius 2 is 1.78 bits per heavy atom. The lowest BCUT2D eigenvalue weighted by atomic mass is 10.1. The molecule has 0 fully saturated rings. The van der Waals surface area contributed by atoms with Gasteiger partial charge in [-0.1, -0.05) is 42.6 Å². The van der Waals surface area contributed by atoms with E-state index in [2.05, 4.69) is 34.7 Å². The third kappa shape index (κ3) is 4.45. The summed E-state index contributed by atoms with van der Waals surface area (Å²) < 4.78 is 0.958. The van der Waals surface area contributed by atoms with E-state index in [0.29, 0.717) is 0 Å². The van der Waals surface area contributed by atoms with Crippen molar-refractivity contribution in [2.45, 2.75) is 39.5 Å². The van der Waals surface area contributed by atoms with Crippen molar-refractivity contribution in [1.29, 1.82) is 0 Å². The van der Waals surface area contributed by atoms with Crippen LogP contribution in [0.2, 0.25) is 0 Å². The van der Waals surface area contributed by atoms with Gasteiger partial charge in [-0.25, -0.2) is 0 Å². The molecule has 0 amide bonds.